The predicted octanol–water partition coefficient (Wildman–Crippen LogP) is 3.82. The Kier molecular flexibility index (Phi) is 6.13. The molecule has 0 spiro atoms. The van der Waals surface area contributed by atoms with Crippen molar-refractivity contribution in [3.8, 4) is 0 Å². The van der Waals surface area contributed by atoms with Crippen molar-refractivity contribution in [3.63, 3.8) is 0 Å². The Morgan fingerprint density at radius 3 is 2.27 bits per heavy atom. The summed E-state index contributed by atoms with van der Waals surface area (Å²) in [6, 6.07) is 14.6. The van der Waals surface area contributed by atoms with Crippen molar-refractivity contribution in [2.75, 3.05) is 6.54 Å². The van der Waals surface area contributed by atoms with Gasteiger partial charge < -0.3 is 5.32 Å². The molecule has 0 fully saturated rings. The van der Waals surface area contributed by atoms with E-state index in [0.29, 0.717) is 13.0 Å². The van der Waals surface area contributed by atoms with Crippen LogP contribution in [0, 0.1) is 12.7 Å². The Balaban J connectivity index is 1.61. The molecule has 3 heteroatoms. The molecule has 0 unspecified atom stereocenters. The molecule has 116 valence electrons. The Bertz CT molecular complexity index is 590. The average molecular weight is 299 g/mol. The average Bonchev–Trinajstić information content (AvgIpc) is 2.51. The lowest BCUT2D eigenvalue weighted by Crippen LogP contribution is -2.26. The fourth-order valence-corrected chi connectivity index (χ4v) is 2.29. The van der Waals surface area contributed by atoms with Crippen molar-refractivity contribution in [1.29, 1.82) is 0 Å². The predicted molar refractivity (Wildman–Crippen MR) is 87.2 cm³/mol. The largest absolute Gasteiger partial charge is 0.356 e. The van der Waals surface area contributed by atoms with Gasteiger partial charge in [-0.3, -0.25) is 4.79 Å². The third kappa shape index (κ3) is 5.68. The molecule has 0 aliphatic rings. The molecule has 0 aliphatic heterocycles. The van der Waals surface area contributed by atoms with Gasteiger partial charge in [-0.1, -0.05) is 42.0 Å². The fourth-order valence-electron chi connectivity index (χ4n) is 2.29. The van der Waals surface area contributed by atoms with E-state index < -0.39 is 0 Å². The summed E-state index contributed by atoms with van der Waals surface area (Å²) in [6.07, 6.45) is 3.36. The molecule has 0 atom stereocenters. The Morgan fingerprint density at radius 1 is 0.955 bits per heavy atom. The van der Waals surface area contributed by atoms with Gasteiger partial charge in [0.05, 0.1) is 6.42 Å². The summed E-state index contributed by atoms with van der Waals surface area (Å²) >= 11 is 0. The van der Waals surface area contributed by atoms with Crippen LogP contribution in [0.1, 0.15) is 29.5 Å². The fraction of sp³-hybridized carbons (Fsp3) is 0.316. The SMILES string of the molecule is Cc1ccc(CCCCNC(=O)Cc2ccc(F)cc2)cc1. The Hall–Kier alpha value is -2.16. The standard InChI is InChI=1S/C19H22FNO/c1-15-5-7-16(8-6-15)4-2-3-13-21-19(22)14-17-9-11-18(20)12-10-17/h5-12H,2-4,13-14H2,1H3,(H,21,22). The topological polar surface area (TPSA) is 29.1 Å². The van der Waals surface area contributed by atoms with Gasteiger partial charge in [-0.25, -0.2) is 4.39 Å². The third-order valence-corrected chi connectivity index (χ3v) is 3.61. The highest BCUT2D eigenvalue weighted by molar-refractivity contribution is 5.78. The highest BCUT2D eigenvalue weighted by atomic mass is 19.1. The lowest BCUT2D eigenvalue weighted by molar-refractivity contribution is -0.120. The smallest absolute Gasteiger partial charge is 0.224 e. The highest BCUT2D eigenvalue weighted by Gasteiger charge is 2.03. The number of nitrogens with one attached hydrogen (secondary N) is 1. The summed E-state index contributed by atoms with van der Waals surface area (Å²) in [5.41, 5.74) is 3.44. The number of hydrogen-bond donors (Lipinski definition) is 1. The summed E-state index contributed by atoms with van der Waals surface area (Å²) in [7, 11) is 0. The second-order valence-electron chi connectivity index (χ2n) is 5.60. The van der Waals surface area contributed by atoms with E-state index in [0.717, 1.165) is 24.8 Å². The number of rotatable bonds is 7. The normalized spacial score (nSPS) is 10.5. The molecule has 0 aromatic heterocycles. The van der Waals surface area contributed by atoms with E-state index in [1.165, 1.54) is 23.3 Å². The van der Waals surface area contributed by atoms with E-state index in [9.17, 15) is 9.18 Å². The summed E-state index contributed by atoms with van der Waals surface area (Å²) in [6.45, 7) is 2.77. The van der Waals surface area contributed by atoms with Gasteiger partial charge in [-0.05, 0) is 49.4 Å². The number of carbonyl (C=O) groups excluding carboxylic acids is 1. The van der Waals surface area contributed by atoms with Gasteiger partial charge in [-0.2, -0.15) is 0 Å². The zero-order valence-electron chi connectivity index (χ0n) is 12.9. The summed E-state index contributed by atoms with van der Waals surface area (Å²) in [5, 5.41) is 2.91. The number of unbranched alkanes of at least 4 members (excludes halogenated alkanes) is 1. The molecule has 0 radical (unpaired) electrons. The lowest BCUT2D eigenvalue weighted by Gasteiger charge is -2.06. The van der Waals surface area contributed by atoms with Crippen molar-refractivity contribution in [1.82, 2.24) is 5.32 Å². The molecule has 1 N–H and O–H groups in total. The highest BCUT2D eigenvalue weighted by Crippen LogP contribution is 2.07. The maximum Gasteiger partial charge on any atom is 0.224 e. The molecule has 2 aromatic carbocycles. The minimum absolute atomic E-state index is 0.0121. The number of amides is 1. The van der Waals surface area contributed by atoms with Crippen LogP contribution in [0.15, 0.2) is 48.5 Å². The van der Waals surface area contributed by atoms with E-state index >= 15 is 0 Å². The number of hydrogen-bond acceptors (Lipinski definition) is 1. The van der Waals surface area contributed by atoms with Gasteiger partial charge in [0.2, 0.25) is 5.91 Å². The van der Waals surface area contributed by atoms with Crippen LogP contribution in [-0.4, -0.2) is 12.5 Å². The summed E-state index contributed by atoms with van der Waals surface area (Å²) < 4.78 is 12.8. The Labute approximate surface area is 131 Å². The van der Waals surface area contributed by atoms with E-state index in [2.05, 4.69) is 36.5 Å². The van der Waals surface area contributed by atoms with E-state index in [4.69, 9.17) is 0 Å². The number of carbonyl (C=O) groups is 1. The molecule has 2 rings (SSSR count). The molecule has 2 aromatic rings. The molecule has 22 heavy (non-hydrogen) atoms. The van der Waals surface area contributed by atoms with Crippen LogP contribution < -0.4 is 5.32 Å². The monoisotopic (exact) mass is 299 g/mol. The van der Waals surface area contributed by atoms with Crippen molar-refractivity contribution in [2.45, 2.75) is 32.6 Å². The van der Waals surface area contributed by atoms with E-state index in [1.807, 2.05) is 0 Å². The maximum absolute atomic E-state index is 12.8. The van der Waals surface area contributed by atoms with Crippen LogP contribution in [0.5, 0.6) is 0 Å². The summed E-state index contributed by atoms with van der Waals surface area (Å²) in [4.78, 5) is 11.8. The maximum atomic E-state index is 12.8. The van der Waals surface area contributed by atoms with Gasteiger partial charge in [0.25, 0.3) is 0 Å². The third-order valence-electron chi connectivity index (χ3n) is 3.61. The zero-order valence-corrected chi connectivity index (χ0v) is 12.9. The van der Waals surface area contributed by atoms with Crippen LogP contribution in [0.25, 0.3) is 0 Å². The van der Waals surface area contributed by atoms with Crippen LogP contribution in [-0.2, 0) is 17.6 Å². The van der Waals surface area contributed by atoms with Crippen LogP contribution in [0.4, 0.5) is 4.39 Å². The minimum Gasteiger partial charge on any atom is -0.356 e. The number of halogens is 1. The molecule has 0 saturated heterocycles. The summed E-state index contributed by atoms with van der Waals surface area (Å²) in [5.74, 6) is -0.290. The van der Waals surface area contributed by atoms with Crippen LogP contribution in [0.3, 0.4) is 0 Å². The number of aryl methyl sites for hydroxylation is 2. The second-order valence-corrected chi connectivity index (χ2v) is 5.60. The first kappa shape index (κ1) is 16.2. The molecule has 0 aliphatic carbocycles. The molecule has 1 amide bonds. The second kappa shape index (κ2) is 8.32. The van der Waals surface area contributed by atoms with Gasteiger partial charge in [0, 0.05) is 6.54 Å². The van der Waals surface area contributed by atoms with Crippen LogP contribution in [0.2, 0.25) is 0 Å². The number of benzene rings is 2. The van der Waals surface area contributed by atoms with Gasteiger partial charge in [0.1, 0.15) is 5.82 Å². The van der Waals surface area contributed by atoms with Crippen molar-refractivity contribution >= 4 is 5.91 Å². The molecule has 0 heterocycles. The quantitative estimate of drug-likeness (QED) is 0.774. The van der Waals surface area contributed by atoms with Crippen molar-refractivity contribution in [3.05, 3.63) is 71.0 Å². The first-order valence-electron chi connectivity index (χ1n) is 7.70. The minimum atomic E-state index is -0.278. The Morgan fingerprint density at radius 2 is 1.59 bits per heavy atom. The molecule has 0 saturated carbocycles. The molecular formula is C19H22FNO. The first-order valence-corrected chi connectivity index (χ1v) is 7.70. The van der Waals surface area contributed by atoms with Crippen molar-refractivity contribution in [2.24, 2.45) is 0 Å². The van der Waals surface area contributed by atoms with E-state index in [-0.39, 0.29) is 11.7 Å². The van der Waals surface area contributed by atoms with Crippen LogP contribution >= 0.6 is 0 Å². The molecular weight excluding hydrogens is 277 g/mol. The first-order chi connectivity index (χ1) is 10.6. The van der Waals surface area contributed by atoms with Crippen molar-refractivity contribution < 1.29 is 9.18 Å². The van der Waals surface area contributed by atoms with Gasteiger partial charge in [-0.15, -0.1) is 0 Å². The lowest BCUT2D eigenvalue weighted by atomic mass is 10.1. The molecule has 0 bridgehead atoms. The van der Waals surface area contributed by atoms with Gasteiger partial charge >= 0.3 is 0 Å². The zero-order chi connectivity index (χ0) is 15.8. The molecule has 2 nitrogen and oxygen atoms in total. The van der Waals surface area contributed by atoms with Gasteiger partial charge in [0.15, 0.2) is 0 Å². The van der Waals surface area contributed by atoms with E-state index in [1.54, 1.807) is 12.1 Å².